The van der Waals surface area contributed by atoms with Crippen molar-refractivity contribution in [2.45, 2.75) is 13.1 Å². The molecular formula is C13H13Cl2N2-. The first-order valence-electron chi connectivity index (χ1n) is 5.20. The number of nitrogens with one attached hydrogen (secondary N) is 1. The van der Waals surface area contributed by atoms with Gasteiger partial charge in [0.25, 0.3) is 0 Å². The maximum atomic E-state index is 5.90. The van der Waals surface area contributed by atoms with E-state index >= 15 is 0 Å². The zero-order valence-electron chi connectivity index (χ0n) is 9.24. The topological polar surface area (TPSA) is 24.9 Å². The van der Waals surface area contributed by atoms with E-state index in [4.69, 9.17) is 11.6 Å². The smallest absolute Gasteiger partial charge is 0.0541 e. The maximum absolute atomic E-state index is 5.90. The highest BCUT2D eigenvalue weighted by Crippen LogP contribution is 2.10. The number of hydrogen-bond acceptors (Lipinski definition) is 2. The molecule has 1 N–H and O–H groups in total. The molecule has 2 rings (SSSR count). The van der Waals surface area contributed by atoms with Gasteiger partial charge in [0.15, 0.2) is 0 Å². The summed E-state index contributed by atoms with van der Waals surface area (Å²) >= 11 is 5.90. The van der Waals surface area contributed by atoms with Crippen LogP contribution in [0.25, 0.3) is 0 Å². The lowest BCUT2D eigenvalue weighted by molar-refractivity contribution is -0.00000326. The van der Waals surface area contributed by atoms with Gasteiger partial charge in [0.2, 0.25) is 0 Å². The van der Waals surface area contributed by atoms with Crippen LogP contribution < -0.4 is 17.7 Å². The normalized spacial score (nSPS) is 9.71. The highest BCUT2D eigenvalue weighted by Gasteiger charge is 1.95. The third-order valence-corrected chi connectivity index (χ3v) is 2.49. The molecule has 0 bridgehead atoms. The number of aromatic nitrogens is 1. The van der Waals surface area contributed by atoms with Crippen LogP contribution >= 0.6 is 11.6 Å². The minimum Gasteiger partial charge on any atom is -1.00 e. The summed E-state index contributed by atoms with van der Waals surface area (Å²) in [5, 5.41) is 4.10. The van der Waals surface area contributed by atoms with Gasteiger partial charge in [-0.15, -0.1) is 0 Å². The zero-order chi connectivity index (χ0) is 11.2. The highest BCUT2D eigenvalue weighted by molar-refractivity contribution is 6.30. The van der Waals surface area contributed by atoms with Crippen molar-refractivity contribution < 1.29 is 12.4 Å². The molecule has 0 saturated heterocycles. The highest BCUT2D eigenvalue weighted by atomic mass is 35.5. The molecule has 0 aliphatic carbocycles. The predicted octanol–water partition coefficient (Wildman–Crippen LogP) is 0.0288. The number of nitrogens with zero attached hydrogens (tertiary/aromatic N) is 1. The Balaban J connectivity index is 0.00000144. The molecule has 0 spiro atoms. The van der Waals surface area contributed by atoms with Gasteiger partial charge in [-0.1, -0.05) is 29.8 Å². The third-order valence-electron chi connectivity index (χ3n) is 2.25. The Morgan fingerprint density at radius 1 is 1.06 bits per heavy atom. The number of benzene rings is 1. The van der Waals surface area contributed by atoms with Gasteiger partial charge in [0.05, 0.1) is 5.69 Å². The second kappa shape index (κ2) is 7.28. The molecule has 0 fully saturated rings. The van der Waals surface area contributed by atoms with E-state index < -0.39 is 0 Å². The standard InChI is InChI=1S/C13H13ClN2.ClH/c14-12-5-3-4-11(8-12)9-15-10-13-6-1-2-7-16-13;/h1-8,15H,9-10H2;1H/p-1. The number of hydrogen-bond donors (Lipinski definition) is 1. The minimum atomic E-state index is 0. The second-order valence-corrected chi connectivity index (χ2v) is 3.99. The maximum Gasteiger partial charge on any atom is 0.0541 e. The molecule has 0 amide bonds. The Morgan fingerprint density at radius 3 is 2.65 bits per heavy atom. The summed E-state index contributed by atoms with van der Waals surface area (Å²) < 4.78 is 0. The fraction of sp³-hybridized carbons (Fsp3) is 0.154. The van der Waals surface area contributed by atoms with E-state index in [0.29, 0.717) is 0 Å². The lowest BCUT2D eigenvalue weighted by Gasteiger charge is -2.04. The molecule has 1 heterocycles. The molecule has 17 heavy (non-hydrogen) atoms. The Morgan fingerprint density at radius 2 is 1.94 bits per heavy atom. The summed E-state index contributed by atoms with van der Waals surface area (Å²) in [7, 11) is 0. The molecular weight excluding hydrogens is 255 g/mol. The van der Waals surface area contributed by atoms with Crippen molar-refractivity contribution in [3.8, 4) is 0 Å². The lowest BCUT2D eigenvalue weighted by atomic mass is 10.2. The van der Waals surface area contributed by atoms with E-state index in [1.807, 2.05) is 36.4 Å². The van der Waals surface area contributed by atoms with Crippen LogP contribution in [0, 0.1) is 0 Å². The van der Waals surface area contributed by atoms with Gasteiger partial charge in [-0.25, -0.2) is 0 Å². The van der Waals surface area contributed by atoms with Gasteiger partial charge >= 0.3 is 0 Å². The van der Waals surface area contributed by atoms with Gasteiger partial charge in [0.1, 0.15) is 0 Å². The van der Waals surface area contributed by atoms with Gasteiger partial charge in [-0.2, -0.15) is 0 Å². The summed E-state index contributed by atoms with van der Waals surface area (Å²) in [6.07, 6.45) is 1.80. The van der Waals surface area contributed by atoms with Crippen molar-refractivity contribution in [1.29, 1.82) is 0 Å². The Labute approximate surface area is 112 Å². The van der Waals surface area contributed by atoms with E-state index in [2.05, 4.69) is 16.4 Å². The Kier molecular flexibility index (Phi) is 5.98. The average molecular weight is 268 g/mol. The van der Waals surface area contributed by atoms with Crippen molar-refractivity contribution in [2.24, 2.45) is 0 Å². The average Bonchev–Trinajstić information content (AvgIpc) is 2.30. The van der Waals surface area contributed by atoms with Crippen LogP contribution in [0.4, 0.5) is 0 Å². The van der Waals surface area contributed by atoms with Crippen LogP contribution in [0.3, 0.4) is 0 Å². The van der Waals surface area contributed by atoms with Crippen LogP contribution in [0.15, 0.2) is 48.7 Å². The molecule has 1 aromatic carbocycles. The van der Waals surface area contributed by atoms with Crippen LogP contribution in [-0.2, 0) is 13.1 Å². The first kappa shape index (κ1) is 14.0. The monoisotopic (exact) mass is 267 g/mol. The molecule has 0 aliphatic rings. The molecule has 4 heteroatoms. The molecule has 2 nitrogen and oxygen atoms in total. The molecule has 0 radical (unpaired) electrons. The van der Waals surface area contributed by atoms with Crippen molar-refractivity contribution in [1.82, 2.24) is 10.3 Å². The zero-order valence-corrected chi connectivity index (χ0v) is 10.7. The van der Waals surface area contributed by atoms with E-state index in [0.717, 1.165) is 23.8 Å². The molecule has 0 atom stereocenters. The third kappa shape index (κ3) is 4.73. The number of halogens is 2. The number of rotatable bonds is 4. The first-order chi connectivity index (χ1) is 7.84. The number of pyridine rings is 1. The second-order valence-electron chi connectivity index (χ2n) is 3.55. The van der Waals surface area contributed by atoms with E-state index in [1.54, 1.807) is 6.20 Å². The Bertz CT molecular complexity index is 446. The van der Waals surface area contributed by atoms with Gasteiger partial charge in [0, 0.05) is 24.3 Å². The van der Waals surface area contributed by atoms with Crippen molar-refractivity contribution >= 4 is 11.6 Å². The lowest BCUT2D eigenvalue weighted by Crippen LogP contribution is -3.00. The largest absolute Gasteiger partial charge is 1.00 e. The molecule has 90 valence electrons. The fourth-order valence-corrected chi connectivity index (χ4v) is 1.70. The van der Waals surface area contributed by atoms with Crippen molar-refractivity contribution in [3.63, 3.8) is 0 Å². The minimum absolute atomic E-state index is 0. The molecule has 0 saturated carbocycles. The summed E-state index contributed by atoms with van der Waals surface area (Å²) in [6, 6.07) is 13.8. The van der Waals surface area contributed by atoms with Gasteiger partial charge < -0.3 is 17.7 Å². The van der Waals surface area contributed by atoms with Crippen molar-refractivity contribution in [2.75, 3.05) is 0 Å². The quantitative estimate of drug-likeness (QED) is 0.846. The summed E-state index contributed by atoms with van der Waals surface area (Å²) in [6.45, 7) is 1.57. The van der Waals surface area contributed by atoms with Crippen LogP contribution in [0.1, 0.15) is 11.3 Å². The summed E-state index contributed by atoms with van der Waals surface area (Å²) in [5.41, 5.74) is 2.23. The van der Waals surface area contributed by atoms with Crippen LogP contribution in [0.2, 0.25) is 5.02 Å². The Hall–Kier alpha value is -1.09. The van der Waals surface area contributed by atoms with E-state index in [-0.39, 0.29) is 12.4 Å². The fourth-order valence-electron chi connectivity index (χ4n) is 1.48. The molecule has 0 aliphatic heterocycles. The first-order valence-corrected chi connectivity index (χ1v) is 5.57. The van der Waals surface area contributed by atoms with Crippen LogP contribution in [-0.4, -0.2) is 4.98 Å². The summed E-state index contributed by atoms with van der Waals surface area (Å²) in [4.78, 5) is 4.24. The molecule has 0 unspecified atom stereocenters. The SMILES string of the molecule is Clc1cccc(CNCc2ccccn2)c1.[Cl-]. The molecule has 1 aromatic heterocycles. The van der Waals surface area contributed by atoms with E-state index in [9.17, 15) is 0 Å². The predicted molar refractivity (Wildman–Crippen MR) is 66.2 cm³/mol. The van der Waals surface area contributed by atoms with Gasteiger partial charge in [-0.3, -0.25) is 4.98 Å². The van der Waals surface area contributed by atoms with E-state index in [1.165, 1.54) is 5.56 Å². The van der Waals surface area contributed by atoms with Crippen LogP contribution in [0.5, 0.6) is 0 Å². The summed E-state index contributed by atoms with van der Waals surface area (Å²) in [5.74, 6) is 0. The van der Waals surface area contributed by atoms with Gasteiger partial charge in [-0.05, 0) is 29.8 Å². The van der Waals surface area contributed by atoms with Crippen molar-refractivity contribution in [3.05, 3.63) is 64.9 Å². The molecule has 2 aromatic rings.